The first kappa shape index (κ1) is 21.3. The Labute approximate surface area is 173 Å². The third-order valence-corrected chi connectivity index (χ3v) is 6.43. The van der Waals surface area contributed by atoms with E-state index in [1.165, 1.54) is 19.3 Å². The molecule has 1 aliphatic rings. The Hall–Kier alpha value is -2.38. The highest BCUT2D eigenvalue weighted by molar-refractivity contribution is 7.89. The van der Waals surface area contributed by atoms with Crippen LogP contribution >= 0.6 is 0 Å². The van der Waals surface area contributed by atoms with E-state index in [1.807, 2.05) is 25.1 Å². The Kier molecular flexibility index (Phi) is 6.92. The Morgan fingerprint density at radius 2 is 1.79 bits per heavy atom. The summed E-state index contributed by atoms with van der Waals surface area (Å²) in [5.74, 6) is 0.840. The predicted octanol–water partition coefficient (Wildman–Crippen LogP) is 3.69. The lowest BCUT2D eigenvalue weighted by atomic mass is 10.0. The number of hydrazone groups is 1. The van der Waals surface area contributed by atoms with Crippen LogP contribution in [0.4, 0.5) is 0 Å². The predicted molar refractivity (Wildman–Crippen MR) is 116 cm³/mol. The molecule has 0 spiro atoms. The molecule has 0 aliphatic carbocycles. The molecule has 7 heteroatoms. The van der Waals surface area contributed by atoms with Gasteiger partial charge in [-0.15, -0.1) is 0 Å². The fraction of sp³-hybridized carbons (Fsp3) is 0.409. The molecule has 1 saturated heterocycles. The Balaban J connectivity index is 1.77. The van der Waals surface area contributed by atoms with E-state index < -0.39 is 10.0 Å². The van der Waals surface area contributed by atoms with Crippen molar-refractivity contribution in [1.29, 1.82) is 0 Å². The summed E-state index contributed by atoms with van der Waals surface area (Å²) in [5, 5.41) is 4.13. The van der Waals surface area contributed by atoms with Crippen LogP contribution in [-0.2, 0) is 16.6 Å². The molecule has 1 aliphatic heterocycles. The first-order chi connectivity index (χ1) is 13.9. The molecule has 156 valence electrons. The summed E-state index contributed by atoms with van der Waals surface area (Å²) in [5.41, 5.74) is 3.55. The van der Waals surface area contributed by atoms with Crippen molar-refractivity contribution < 1.29 is 13.2 Å². The number of aryl methyl sites for hydroxylation is 1. The maximum absolute atomic E-state index is 12.5. The molecule has 0 atom stereocenters. The molecule has 3 rings (SSSR count). The van der Waals surface area contributed by atoms with E-state index in [0.29, 0.717) is 5.71 Å². The van der Waals surface area contributed by atoms with Crippen molar-refractivity contribution >= 4 is 15.7 Å². The maximum Gasteiger partial charge on any atom is 0.276 e. The van der Waals surface area contributed by atoms with E-state index in [1.54, 1.807) is 38.3 Å². The van der Waals surface area contributed by atoms with Gasteiger partial charge in [-0.3, -0.25) is 4.90 Å². The average Bonchev–Trinajstić information content (AvgIpc) is 2.73. The summed E-state index contributed by atoms with van der Waals surface area (Å²) < 4.78 is 30.5. The van der Waals surface area contributed by atoms with Crippen molar-refractivity contribution in [2.24, 2.45) is 5.10 Å². The summed E-state index contributed by atoms with van der Waals surface area (Å²) in [7, 11) is -2.02. The van der Waals surface area contributed by atoms with Gasteiger partial charge >= 0.3 is 0 Å². The minimum absolute atomic E-state index is 0.195. The van der Waals surface area contributed by atoms with Crippen LogP contribution in [0.5, 0.6) is 5.75 Å². The molecule has 2 aromatic carbocycles. The number of benzene rings is 2. The van der Waals surface area contributed by atoms with Crippen LogP contribution < -0.4 is 9.57 Å². The maximum atomic E-state index is 12.5. The summed E-state index contributed by atoms with van der Waals surface area (Å²) >= 11 is 0. The second kappa shape index (κ2) is 9.41. The van der Waals surface area contributed by atoms with Crippen molar-refractivity contribution in [1.82, 2.24) is 9.73 Å². The SMILES string of the molecule is COc1ccc(/C(C)=N\NS(=O)(=O)c2ccc(C)cc2)cc1CN1CCCCC1. The highest BCUT2D eigenvalue weighted by Gasteiger charge is 2.15. The van der Waals surface area contributed by atoms with Crippen LogP contribution in [0, 0.1) is 6.92 Å². The molecule has 0 saturated carbocycles. The van der Waals surface area contributed by atoms with Gasteiger partial charge in [0.05, 0.1) is 17.7 Å². The van der Waals surface area contributed by atoms with Gasteiger partial charge in [-0.25, -0.2) is 0 Å². The number of hydrogen-bond acceptors (Lipinski definition) is 5. The molecule has 0 bridgehead atoms. The van der Waals surface area contributed by atoms with Gasteiger partial charge in [0.2, 0.25) is 0 Å². The normalized spacial score (nSPS) is 15.9. The lowest BCUT2D eigenvalue weighted by molar-refractivity contribution is 0.218. The second-order valence-corrected chi connectivity index (χ2v) is 9.13. The summed E-state index contributed by atoms with van der Waals surface area (Å²) in [6.07, 6.45) is 3.74. The average molecular weight is 416 g/mol. The molecule has 1 heterocycles. The van der Waals surface area contributed by atoms with Crippen molar-refractivity contribution in [3.05, 3.63) is 59.2 Å². The summed E-state index contributed by atoms with van der Waals surface area (Å²) in [6, 6.07) is 12.5. The van der Waals surface area contributed by atoms with Crippen LogP contribution in [0.15, 0.2) is 52.5 Å². The highest BCUT2D eigenvalue weighted by Crippen LogP contribution is 2.24. The first-order valence-electron chi connectivity index (χ1n) is 9.91. The zero-order chi connectivity index (χ0) is 20.9. The fourth-order valence-corrected chi connectivity index (χ4v) is 4.31. The van der Waals surface area contributed by atoms with E-state index in [4.69, 9.17) is 4.74 Å². The van der Waals surface area contributed by atoms with Gasteiger partial charge in [-0.2, -0.15) is 18.4 Å². The minimum atomic E-state index is -3.70. The lowest BCUT2D eigenvalue weighted by Gasteiger charge is -2.27. The second-order valence-electron chi connectivity index (χ2n) is 7.47. The number of piperidine rings is 1. The van der Waals surface area contributed by atoms with E-state index in [-0.39, 0.29) is 4.90 Å². The van der Waals surface area contributed by atoms with Crippen LogP contribution in [0.3, 0.4) is 0 Å². The fourth-order valence-electron chi connectivity index (χ4n) is 3.45. The zero-order valence-corrected chi connectivity index (χ0v) is 18.1. The van der Waals surface area contributed by atoms with Gasteiger partial charge in [0, 0.05) is 12.1 Å². The molecule has 29 heavy (non-hydrogen) atoms. The molecule has 1 N–H and O–H groups in total. The number of sulfonamides is 1. The molecular weight excluding hydrogens is 386 g/mol. The van der Waals surface area contributed by atoms with Gasteiger partial charge in [0.1, 0.15) is 5.75 Å². The zero-order valence-electron chi connectivity index (χ0n) is 17.3. The van der Waals surface area contributed by atoms with Crippen LogP contribution in [0.1, 0.15) is 42.9 Å². The van der Waals surface area contributed by atoms with E-state index >= 15 is 0 Å². The molecule has 0 aromatic heterocycles. The number of methoxy groups -OCH3 is 1. The molecule has 0 amide bonds. The number of nitrogens with zero attached hydrogens (tertiary/aromatic N) is 2. The molecular formula is C22H29N3O3S. The van der Waals surface area contributed by atoms with Crippen LogP contribution in [0.2, 0.25) is 0 Å². The topological polar surface area (TPSA) is 71.0 Å². The summed E-state index contributed by atoms with van der Waals surface area (Å²) in [4.78, 5) is 4.96. The Bertz CT molecular complexity index is 963. The largest absolute Gasteiger partial charge is 0.496 e. The van der Waals surface area contributed by atoms with Crippen LogP contribution in [0.25, 0.3) is 0 Å². The third kappa shape index (κ3) is 5.58. The summed E-state index contributed by atoms with van der Waals surface area (Å²) in [6.45, 7) is 6.72. The number of hydrogen-bond donors (Lipinski definition) is 1. The van der Waals surface area contributed by atoms with Gasteiger partial charge in [0.15, 0.2) is 0 Å². The molecule has 0 radical (unpaired) electrons. The van der Waals surface area contributed by atoms with Crippen LogP contribution in [-0.4, -0.2) is 39.2 Å². The quantitative estimate of drug-likeness (QED) is 0.553. The van der Waals surface area contributed by atoms with E-state index in [2.05, 4.69) is 14.8 Å². The van der Waals surface area contributed by atoms with Gasteiger partial charge in [-0.1, -0.05) is 24.1 Å². The molecule has 6 nitrogen and oxygen atoms in total. The number of ether oxygens (including phenoxy) is 1. The standard InChI is InChI=1S/C22H29N3O3S/c1-17-7-10-21(11-8-17)29(26,27)24-23-18(2)19-9-12-22(28-3)20(15-19)16-25-13-5-4-6-14-25/h7-12,15,24H,4-6,13-14,16H2,1-3H3/b23-18-. The van der Waals surface area contributed by atoms with Crippen molar-refractivity contribution in [2.75, 3.05) is 20.2 Å². The van der Waals surface area contributed by atoms with Gasteiger partial charge in [-0.05, 0) is 75.7 Å². The highest BCUT2D eigenvalue weighted by atomic mass is 32.2. The smallest absolute Gasteiger partial charge is 0.276 e. The Morgan fingerprint density at radius 1 is 1.10 bits per heavy atom. The third-order valence-electron chi connectivity index (χ3n) is 5.21. The van der Waals surface area contributed by atoms with E-state index in [9.17, 15) is 8.42 Å². The molecule has 0 unspecified atom stereocenters. The minimum Gasteiger partial charge on any atom is -0.496 e. The Morgan fingerprint density at radius 3 is 2.45 bits per heavy atom. The number of rotatable bonds is 7. The number of likely N-dealkylation sites (tertiary alicyclic amines) is 1. The lowest BCUT2D eigenvalue weighted by Crippen LogP contribution is -2.29. The monoisotopic (exact) mass is 415 g/mol. The van der Waals surface area contributed by atoms with Crippen molar-refractivity contribution in [3.63, 3.8) is 0 Å². The van der Waals surface area contributed by atoms with Gasteiger partial charge < -0.3 is 4.74 Å². The van der Waals surface area contributed by atoms with E-state index in [0.717, 1.165) is 42.1 Å². The van der Waals surface area contributed by atoms with Gasteiger partial charge in [0.25, 0.3) is 10.0 Å². The van der Waals surface area contributed by atoms with Crippen molar-refractivity contribution in [2.45, 2.75) is 44.6 Å². The van der Waals surface area contributed by atoms with Crippen molar-refractivity contribution in [3.8, 4) is 5.75 Å². The first-order valence-corrected chi connectivity index (χ1v) is 11.4. The molecule has 2 aromatic rings. The molecule has 1 fully saturated rings. The number of nitrogens with one attached hydrogen (secondary N) is 1.